The van der Waals surface area contributed by atoms with Crippen molar-refractivity contribution in [3.63, 3.8) is 0 Å². The maximum atomic E-state index is 11.9. The first-order chi connectivity index (χ1) is 9.99. The van der Waals surface area contributed by atoms with Crippen molar-refractivity contribution in [1.82, 2.24) is 4.98 Å². The number of ether oxygens (including phenoxy) is 1. The van der Waals surface area contributed by atoms with Gasteiger partial charge in [0.2, 0.25) is 0 Å². The minimum atomic E-state index is -1.20. The molecule has 21 heavy (non-hydrogen) atoms. The molecule has 0 fully saturated rings. The molecule has 2 rings (SSSR count). The molecule has 6 heteroatoms. The number of hydrogen-bond acceptors (Lipinski definition) is 6. The third-order valence-corrected chi connectivity index (χ3v) is 3.56. The van der Waals surface area contributed by atoms with E-state index in [0.29, 0.717) is 10.6 Å². The Labute approximate surface area is 125 Å². The van der Waals surface area contributed by atoms with Crippen molar-refractivity contribution in [3.8, 4) is 5.75 Å². The quantitative estimate of drug-likeness (QED) is 0.397. The van der Waals surface area contributed by atoms with Crippen LogP contribution in [-0.4, -0.2) is 21.8 Å². The third kappa shape index (κ3) is 3.62. The summed E-state index contributed by atoms with van der Waals surface area (Å²) in [4.78, 5) is 27.1. The summed E-state index contributed by atoms with van der Waals surface area (Å²) in [5, 5.41) is 12.0. The number of nitrogens with zero attached hydrogens (tertiary/aromatic N) is 1. The molecule has 0 saturated carbocycles. The minimum absolute atomic E-state index is 0.113. The van der Waals surface area contributed by atoms with Gasteiger partial charge in [-0.1, -0.05) is 18.7 Å². The normalized spacial score (nSPS) is 11.7. The van der Waals surface area contributed by atoms with Crippen LogP contribution in [0.4, 0.5) is 0 Å². The van der Waals surface area contributed by atoms with Crippen LogP contribution < -0.4 is 4.74 Å². The van der Waals surface area contributed by atoms with Crippen LogP contribution in [0.25, 0.3) is 0 Å². The summed E-state index contributed by atoms with van der Waals surface area (Å²) in [7, 11) is 0. The molecule has 0 bridgehead atoms. The number of thiazole rings is 1. The molecule has 1 aromatic heterocycles. The monoisotopic (exact) mass is 303 g/mol. The Balaban J connectivity index is 2.09. The van der Waals surface area contributed by atoms with Gasteiger partial charge in [0.25, 0.3) is 0 Å². The van der Waals surface area contributed by atoms with Gasteiger partial charge >= 0.3 is 5.97 Å². The Morgan fingerprint density at radius 2 is 2.19 bits per heavy atom. The van der Waals surface area contributed by atoms with Crippen LogP contribution in [-0.2, 0) is 4.79 Å². The average molecular weight is 303 g/mol. The van der Waals surface area contributed by atoms with Crippen LogP contribution >= 0.6 is 11.3 Å². The fourth-order valence-corrected chi connectivity index (χ4v) is 2.24. The van der Waals surface area contributed by atoms with E-state index in [0.717, 1.165) is 0 Å². The molecule has 0 aliphatic heterocycles. The van der Waals surface area contributed by atoms with Gasteiger partial charge in [0.05, 0.1) is 5.57 Å². The van der Waals surface area contributed by atoms with Crippen molar-refractivity contribution in [1.29, 1.82) is 0 Å². The molecular formula is C15H13NO4S. The highest BCUT2D eigenvalue weighted by molar-refractivity contribution is 7.09. The summed E-state index contributed by atoms with van der Waals surface area (Å²) in [6, 6.07) is 6.24. The molecule has 2 aromatic rings. The molecule has 5 nitrogen and oxygen atoms in total. The number of carbonyl (C=O) groups is 2. The highest BCUT2D eigenvalue weighted by Gasteiger charge is 2.22. The second-order valence-corrected chi connectivity index (χ2v) is 5.20. The highest BCUT2D eigenvalue weighted by atomic mass is 32.1. The zero-order valence-corrected chi connectivity index (χ0v) is 12.1. The first-order valence-electron chi connectivity index (χ1n) is 6.08. The lowest BCUT2D eigenvalue weighted by Gasteiger charge is -2.11. The molecule has 108 valence electrons. The summed E-state index contributed by atoms with van der Waals surface area (Å²) in [6.07, 6.45) is 0.325. The van der Waals surface area contributed by atoms with Crippen LogP contribution in [0.3, 0.4) is 0 Å². The molecule has 0 amide bonds. The molecule has 0 radical (unpaired) electrons. The highest BCUT2D eigenvalue weighted by Crippen LogP contribution is 2.24. The van der Waals surface area contributed by atoms with Crippen molar-refractivity contribution in [3.05, 3.63) is 58.6 Å². The number of benzene rings is 1. The maximum absolute atomic E-state index is 11.9. The number of hydrogen-bond donors (Lipinski definition) is 1. The minimum Gasteiger partial charge on any atom is -0.423 e. The van der Waals surface area contributed by atoms with E-state index in [-0.39, 0.29) is 17.1 Å². The van der Waals surface area contributed by atoms with Gasteiger partial charge in [-0.25, -0.2) is 9.78 Å². The predicted molar refractivity (Wildman–Crippen MR) is 78.3 cm³/mol. The van der Waals surface area contributed by atoms with E-state index in [2.05, 4.69) is 11.6 Å². The number of ketones is 1. The lowest BCUT2D eigenvalue weighted by molar-refractivity contribution is -0.131. The van der Waals surface area contributed by atoms with Gasteiger partial charge in [-0.3, -0.25) is 4.79 Å². The lowest BCUT2D eigenvalue weighted by atomic mass is 10.1. The number of esters is 1. The lowest BCUT2D eigenvalue weighted by Crippen LogP contribution is -2.16. The molecule has 0 saturated heterocycles. The number of aromatic nitrogens is 1. The number of aliphatic hydroxyl groups excluding tert-OH is 1. The van der Waals surface area contributed by atoms with E-state index in [1.54, 1.807) is 23.6 Å². The molecule has 0 spiro atoms. The van der Waals surface area contributed by atoms with Crippen molar-refractivity contribution in [2.24, 2.45) is 0 Å². The summed E-state index contributed by atoms with van der Waals surface area (Å²) in [5.74, 6) is -0.673. The Morgan fingerprint density at radius 1 is 1.43 bits per heavy atom. The van der Waals surface area contributed by atoms with Gasteiger partial charge < -0.3 is 9.84 Å². The van der Waals surface area contributed by atoms with E-state index >= 15 is 0 Å². The molecule has 1 atom stereocenters. The Morgan fingerprint density at radius 3 is 2.81 bits per heavy atom. The second-order valence-electron chi connectivity index (χ2n) is 4.27. The zero-order valence-electron chi connectivity index (χ0n) is 11.3. The molecule has 1 heterocycles. The number of carbonyl (C=O) groups excluding carboxylic acids is 2. The molecule has 0 aliphatic carbocycles. The zero-order chi connectivity index (χ0) is 15.4. The van der Waals surface area contributed by atoms with Crippen LogP contribution in [0.5, 0.6) is 5.75 Å². The van der Waals surface area contributed by atoms with Gasteiger partial charge in [-0.15, -0.1) is 11.3 Å². The topological polar surface area (TPSA) is 76.5 Å². The van der Waals surface area contributed by atoms with Crippen molar-refractivity contribution in [2.45, 2.75) is 13.0 Å². The Kier molecular flexibility index (Phi) is 4.62. The van der Waals surface area contributed by atoms with Crippen molar-refractivity contribution >= 4 is 23.1 Å². The maximum Gasteiger partial charge on any atom is 0.341 e. The molecule has 1 unspecified atom stereocenters. The summed E-state index contributed by atoms with van der Waals surface area (Å²) in [5.41, 5.74) is 0.324. The molecular weight excluding hydrogens is 290 g/mol. The molecule has 1 aromatic carbocycles. The van der Waals surface area contributed by atoms with Gasteiger partial charge in [0.1, 0.15) is 16.9 Å². The number of Topliss-reactive ketones (excluding diaryl/α,β-unsaturated/α-hetero) is 1. The van der Waals surface area contributed by atoms with Crippen molar-refractivity contribution < 1.29 is 19.4 Å². The number of aliphatic hydroxyl groups is 1. The summed E-state index contributed by atoms with van der Waals surface area (Å²) >= 11 is 1.22. The van der Waals surface area contributed by atoms with Crippen LogP contribution in [0.1, 0.15) is 28.4 Å². The van der Waals surface area contributed by atoms with E-state index in [1.165, 1.54) is 30.5 Å². The fourth-order valence-electron chi connectivity index (χ4n) is 1.58. The van der Waals surface area contributed by atoms with Gasteiger partial charge in [-0.2, -0.15) is 0 Å². The van der Waals surface area contributed by atoms with E-state index in [1.807, 2.05) is 0 Å². The standard InChI is InChI=1S/C15H13NO4S/c1-9(13(18)14-16-6-7-21-14)15(19)20-12-5-3-4-11(8-12)10(2)17/h3-8,13,18H,1H2,2H3. The van der Waals surface area contributed by atoms with E-state index in [4.69, 9.17) is 4.74 Å². The predicted octanol–water partition coefficient (Wildman–Crippen LogP) is 2.54. The largest absolute Gasteiger partial charge is 0.423 e. The van der Waals surface area contributed by atoms with Crippen LogP contribution in [0, 0.1) is 0 Å². The first-order valence-corrected chi connectivity index (χ1v) is 6.96. The Bertz CT molecular complexity index is 679. The van der Waals surface area contributed by atoms with E-state index < -0.39 is 12.1 Å². The SMILES string of the molecule is C=C(C(=O)Oc1cccc(C(C)=O)c1)C(O)c1nccs1. The van der Waals surface area contributed by atoms with Gasteiger partial charge in [-0.05, 0) is 19.1 Å². The first kappa shape index (κ1) is 15.1. The molecule has 0 aliphatic rings. The van der Waals surface area contributed by atoms with Crippen LogP contribution in [0.15, 0.2) is 48.0 Å². The fraction of sp³-hybridized carbons (Fsp3) is 0.133. The smallest absolute Gasteiger partial charge is 0.341 e. The summed E-state index contributed by atoms with van der Waals surface area (Å²) in [6.45, 7) is 4.96. The van der Waals surface area contributed by atoms with Gasteiger partial charge in [0.15, 0.2) is 5.78 Å². The van der Waals surface area contributed by atoms with Crippen LogP contribution in [0.2, 0.25) is 0 Å². The summed E-state index contributed by atoms with van der Waals surface area (Å²) < 4.78 is 5.11. The van der Waals surface area contributed by atoms with Gasteiger partial charge in [0, 0.05) is 17.1 Å². The average Bonchev–Trinajstić information content (AvgIpc) is 3.00. The molecule has 1 N–H and O–H groups in total. The second kappa shape index (κ2) is 6.43. The number of rotatable bonds is 5. The Hall–Kier alpha value is -2.31. The third-order valence-electron chi connectivity index (χ3n) is 2.73. The van der Waals surface area contributed by atoms with Crippen molar-refractivity contribution in [2.75, 3.05) is 0 Å². The van der Waals surface area contributed by atoms with E-state index in [9.17, 15) is 14.7 Å².